The minimum absolute atomic E-state index is 1.15. The van der Waals surface area contributed by atoms with Gasteiger partial charge in [0.2, 0.25) is 0 Å². The summed E-state index contributed by atoms with van der Waals surface area (Å²) in [6.45, 7) is 9.33. The van der Waals surface area contributed by atoms with E-state index in [0.717, 1.165) is 6.42 Å². The van der Waals surface area contributed by atoms with Crippen molar-refractivity contribution in [3.8, 4) is 0 Å². The molecule has 0 bridgehead atoms. The number of nitrogens with zero attached hydrogens (tertiary/aromatic N) is 2. The van der Waals surface area contributed by atoms with Crippen molar-refractivity contribution in [2.24, 2.45) is 0 Å². The predicted molar refractivity (Wildman–Crippen MR) is 128 cm³/mol. The maximum Gasteiger partial charge on any atom is 0.256 e. The van der Waals surface area contributed by atoms with Gasteiger partial charge in [-0.25, -0.2) is 9.13 Å². The molecule has 0 spiro atoms. The molecule has 0 radical (unpaired) electrons. The highest BCUT2D eigenvalue weighted by molar-refractivity contribution is 4.83. The largest absolute Gasteiger partial charge is 0.256 e. The van der Waals surface area contributed by atoms with Gasteiger partial charge in [0.25, 0.3) is 5.82 Å². The van der Waals surface area contributed by atoms with E-state index in [1.54, 1.807) is 0 Å². The molecule has 2 nitrogen and oxygen atoms in total. The second-order valence-electron chi connectivity index (χ2n) is 9.11. The number of hydrogen-bond acceptors (Lipinski definition) is 0. The lowest BCUT2D eigenvalue weighted by molar-refractivity contribution is -0.704. The zero-order valence-electron chi connectivity index (χ0n) is 20.4. The molecule has 1 aromatic heterocycles. The minimum atomic E-state index is 1.15. The Balaban J connectivity index is 2.08. The topological polar surface area (TPSA) is 8.81 Å². The Morgan fingerprint density at radius 2 is 1.03 bits per heavy atom. The fourth-order valence-corrected chi connectivity index (χ4v) is 4.50. The number of aromatic nitrogens is 2. The lowest BCUT2D eigenvalue weighted by atomic mass is 10.1. The molecule has 0 aliphatic carbocycles. The van der Waals surface area contributed by atoms with Crippen LogP contribution in [0.2, 0.25) is 0 Å². The maximum atomic E-state index is 2.52. The molecule has 0 saturated carbocycles. The Morgan fingerprint density at radius 1 is 0.586 bits per heavy atom. The fourth-order valence-electron chi connectivity index (χ4n) is 4.50. The van der Waals surface area contributed by atoms with Crippen LogP contribution in [0.15, 0.2) is 12.4 Å². The highest BCUT2D eigenvalue weighted by Crippen LogP contribution is 2.12. The zero-order valence-corrected chi connectivity index (χ0v) is 20.4. The highest BCUT2D eigenvalue weighted by Gasteiger charge is 2.14. The second kappa shape index (κ2) is 19.2. The molecule has 2 heteroatoms. The van der Waals surface area contributed by atoms with E-state index in [-0.39, 0.29) is 0 Å². The highest BCUT2D eigenvalue weighted by atomic mass is 15.1. The second-order valence-corrected chi connectivity index (χ2v) is 9.11. The molecule has 1 rings (SSSR count). The van der Waals surface area contributed by atoms with Crippen molar-refractivity contribution < 1.29 is 4.57 Å². The number of hydrogen-bond donors (Lipinski definition) is 0. The Morgan fingerprint density at radius 3 is 1.52 bits per heavy atom. The van der Waals surface area contributed by atoms with Crippen LogP contribution in [0.3, 0.4) is 0 Å². The minimum Gasteiger partial charge on any atom is -0.234 e. The van der Waals surface area contributed by atoms with Gasteiger partial charge in [0.05, 0.1) is 13.1 Å². The number of imidazole rings is 1. The average molecular weight is 406 g/mol. The molecule has 0 aliphatic rings. The van der Waals surface area contributed by atoms with E-state index in [9.17, 15) is 0 Å². The first-order chi connectivity index (χ1) is 14.3. The third-order valence-electron chi connectivity index (χ3n) is 6.41. The van der Waals surface area contributed by atoms with Crippen LogP contribution in [0, 0.1) is 0 Å². The van der Waals surface area contributed by atoms with Gasteiger partial charge in [-0.15, -0.1) is 0 Å². The molecule has 1 heterocycles. The maximum absolute atomic E-state index is 2.52. The van der Waals surface area contributed by atoms with E-state index in [0.29, 0.717) is 0 Å². The van der Waals surface area contributed by atoms with Crippen molar-refractivity contribution in [3.05, 3.63) is 18.2 Å². The SMILES string of the molecule is CCCCCCCCCCCCCn1cc[n+](CCCCCCCCC)c1CC. The normalized spacial score (nSPS) is 11.4. The van der Waals surface area contributed by atoms with Crippen molar-refractivity contribution in [2.45, 2.75) is 156 Å². The number of unbranched alkanes of at least 4 members (excludes halogenated alkanes) is 16. The van der Waals surface area contributed by atoms with Crippen molar-refractivity contribution in [3.63, 3.8) is 0 Å². The molecule has 0 atom stereocenters. The molecule has 29 heavy (non-hydrogen) atoms. The molecular weight excluding hydrogens is 352 g/mol. The summed E-state index contributed by atoms with van der Waals surface area (Å²) >= 11 is 0. The van der Waals surface area contributed by atoms with Crippen LogP contribution in [-0.4, -0.2) is 4.57 Å². The molecule has 0 aromatic carbocycles. The van der Waals surface area contributed by atoms with Crippen LogP contribution in [0.25, 0.3) is 0 Å². The Labute approximate surface area is 183 Å². The Hall–Kier alpha value is -0.790. The Kier molecular flexibility index (Phi) is 17.4. The summed E-state index contributed by atoms with van der Waals surface area (Å²) in [6.07, 6.45) is 31.3. The number of rotatable bonds is 21. The van der Waals surface area contributed by atoms with Gasteiger partial charge in [-0.2, -0.15) is 0 Å². The van der Waals surface area contributed by atoms with Crippen molar-refractivity contribution in [1.82, 2.24) is 4.57 Å². The van der Waals surface area contributed by atoms with E-state index >= 15 is 0 Å². The lowest BCUT2D eigenvalue weighted by Gasteiger charge is -2.05. The van der Waals surface area contributed by atoms with Crippen LogP contribution in [0.4, 0.5) is 0 Å². The first-order valence-corrected chi connectivity index (χ1v) is 13.4. The summed E-state index contributed by atoms with van der Waals surface area (Å²) in [5.41, 5.74) is 0. The summed E-state index contributed by atoms with van der Waals surface area (Å²) < 4.78 is 5.04. The summed E-state index contributed by atoms with van der Waals surface area (Å²) in [7, 11) is 0. The fraction of sp³-hybridized carbons (Fsp3) is 0.889. The monoisotopic (exact) mass is 405 g/mol. The summed E-state index contributed by atoms with van der Waals surface area (Å²) in [5.74, 6) is 1.53. The lowest BCUT2D eigenvalue weighted by Crippen LogP contribution is -2.37. The van der Waals surface area contributed by atoms with E-state index in [2.05, 4.69) is 42.3 Å². The van der Waals surface area contributed by atoms with Gasteiger partial charge in [-0.3, -0.25) is 0 Å². The van der Waals surface area contributed by atoms with E-state index in [4.69, 9.17) is 0 Å². The Bertz CT molecular complexity index is 463. The molecule has 0 aliphatic heterocycles. The van der Waals surface area contributed by atoms with Gasteiger partial charge < -0.3 is 0 Å². The quantitative estimate of drug-likeness (QED) is 0.143. The molecule has 0 unspecified atom stereocenters. The first-order valence-electron chi connectivity index (χ1n) is 13.4. The van der Waals surface area contributed by atoms with E-state index in [1.807, 2.05) is 0 Å². The van der Waals surface area contributed by atoms with Crippen molar-refractivity contribution in [2.75, 3.05) is 0 Å². The molecule has 1 aromatic rings. The van der Waals surface area contributed by atoms with Gasteiger partial charge in [-0.1, -0.05) is 111 Å². The summed E-state index contributed by atoms with van der Waals surface area (Å²) in [4.78, 5) is 0. The van der Waals surface area contributed by atoms with Crippen molar-refractivity contribution >= 4 is 0 Å². The van der Waals surface area contributed by atoms with Crippen LogP contribution < -0.4 is 4.57 Å². The molecule has 0 N–H and O–H groups in total. The summed E-state index contributed by atoms with van der Waals surface area (Å²) in [5, 5.41) is 0. The van der Waals surface area contributed by atoms with Gasteiger partial charge in [0.1, 0.15) is 12.4 Å². The summed E-state index contributed by atoms with van der Waals surface area (Å²) in [6, 6.07) is 0. The van der Waals surface area contributed by atoms with Gasteiger partial charge in [0, 0.05) is 6.42 Å². The van der Waals surface area contributed by atoms with Gasteiger partial charge in [-0.05, 0) is 25.7 Å². The molecule has 0 saturated heterocycles. The smallest absolute Gasteiger partial charge is 0.234 e. The van der Waals surface area contributed by atoms with E-state index in [1.165, 1.54) is 134 Å². The average Bonchev–Trinajstić information content (AvgIpc) is 3.13. The molecule has 0 amide bonds. The zero-order chi connectivity index (χ0) is 21.0. The van der Waals surface area contributed by atoms with Crippen LogP contribution >= 0.6 is 0 Å². The van der Waals surface area contributed by atoms with Crippen LogP contribution in [-0.2, 0) is 19.5 Å². The van der Waals surface area contributed by atoms with Gasteiger partial charge in [0.15, 0.2) is 0 Å². The van der Waals surface area contributed by atoms with Gasteiger partial charge >= 0.3 is 0 Å². The van der Waals surface area contributed by atoms with Crippen LogP contribution in [0.5, 0.6) is 0 Å². The predicted octanol–water partition coefficient (Wildman–Crippen LogP) is 8.40. The molecule has 0 fully saturated rings. The number of aryl methyl sites for hydroxylation is 2. The molecule has 170 valence electrons. The molecular formula is C27H53N2+. The standard InChI is InChI=1S/C27H53N2/c1-4-7-9-11-13-14-15-16-18-20-22-24-29-26-25-28(27(29)6-3)23-21-19-17-12-10-8-5-2/h25-26H,4-24H2,1-3H3/q+1. The third kappa shape index (κ3) is 13.2. The van der Waals surface area contributed by atoms with Crippen LogP contribution in [0.1, 0.15) is 142 Å². The first kappa shape index (κ1) is 26.2. The van der Waals surface area contributed by atoms with Crippen molar-refractivity contribution in [1.29, 1.82) is 0 Å². The third-order valence-corrected chi connectivity index (χ3v) is 6.41. The van der Waals surface area contributed by atoms with E-state index < -0.39 is 0 Å².